The molecule has 2 rings (SSSR count). The number of nitro groups is 1. The zero-order valence-corrected chi connectivity index (χ0v) is 12.9. The molecule has 1 fully saturated rings. The topological polar surface area (TPSA) is 52.9 Å². The first-order valence-electron chi connectivity index (χ1n) is 7.43. The highest BCUT2D eigenvalue weighted by molar-refractivity contribution is 5.62. The summed E-state index contributed by atoms with van der Waals surface area (Å²) in [6.45, 7) is 6.37. The van der Waals surface area contributed by atoms with Crippen molar-refractivity contribution in [2.24, 2.45) is 0 Å². The predicted molar refractivity (Wildman–Crippen MR) is 84.9 cm³/mol. The summed E-state index contributed by atoms with van der Waals surface area (Å²) in [5, 5.41) is 11.0. The summed E-state index contributed by atoms with van der Waals surface area (Å²) in [4.78, 5) is 17.5. The van der Waals surface area contributed by atoms with Crippen LogP contribution >= 0.6 is 0 Å². The Labute approximate surface area is 126 Å². The smallest absolute Gasteiger partial charge is 0.292 e. The van der Waals surface area contributed by atoms with Crippen molar-refractivity contribution in [2.45, 2.75) is 6.42 Å². The lowest BCUT2D eigenvalue weighted by Gasteiger charge is -2.32. The van der Waals surface area contributed by atoms with Crippen molar-refractivity contribution in [1.82, 2.24) is 9.80 Å². The lowest BCUT2D eigenvalue weighted by Crippen LogP contribution is -2.45. The number of piperazine rings is 1. The molecular formula is C15H24N4O2. The van der Waals surface area contributed by atoms with Crippen LogP contribution < -0.4 is 4.90 Å². The van der Waals surface area contributed by atoms with Gasteiger partial charge in [-0.3, -0.25) is 10.1 Å². The van der Waals surface area contributed by atoms with E-state index in [4.69, 9.17) is 0 Å². The average Bonchev–Trinajstić information content (AvgIpc) is 2.49. The van der Waals surface area contributed by atoms with E-state index in [9.17, 15) is 10.1 Å². The van der Waals surface area contributed by atoms with E-state index < -0.39 is 0 Å². The van der Waals surface area contributed by atoms with E-state index in [0.29, 0.717) is 5.69 Å². The van der Waals surface area contributed by atoms with Gasteiger partial charge in [0.15, 0.2) is 0 Å². The third-order valence-electron chi connectivity index (χ3n) is 4.05. The first kappa shape index (κ1) is 15.7. The van der Waals surface area contributed by atoms with E-state index in [1.54, 1.807) is 12.1 Å². The van der Waals surface area contributed by atoms with Crippen molar-refractivity contribution in [1.29, 1.82) is 0 Å². The standard InChI is InChI=1S/C15H24N4O2/c1-16-10-12-18(13-11-16)9-5-8-17(2)14-6-3-4-7-15(14)19(20)21/h3-4,6-7H,5,8-13H2,1-2H3. The molecule has 1 aliphatic rings. The number of nitrogens with zero attached hydrogens (tertiary/aromatic N) is 4. The molecule has 21 heavy (non-hydrogen) atoms. The number of hydrogen-bond acceptors (Lipinski definition) is 5. The Morgan fingerprint density at radius 1 is 1.24 bits per heavy atom. The first-order valence-corrected chi connectivity index (χ1v) is 7.43. The van der Waals surface area contributed by atoms with Crippen molar-refractivity contribution in [2.75, 3.05) is 58.3 Å². The third-order valence-corrected chi connectivity index (χ3v) is 4.05. The minimum Gasteiger partial charge on any atom is -0.369 e. The van der Waals surface area contributed by atoms with Gasteiger partial charge in [-0.15, -0.1) is 0 Å². The van der Waals surface area contributed by atoms with Crippen LogP contribution in [0.1, 0.15) is 6.42 Å². The fourth-order valence-corrected chi connectivity index (χ4v) is 2.66. The van der Waals surface area contributed by atoms with Crippen LogP contribution in [0, 0.1) is 10.1 Å². The third kappa shape index (κ3) is 4.41. The summed E-state index contributed by atoms with van der Waals surface area (Å²) >= 11 is 0. The maximum Gasteiger partial charge on any atom is 0.292 e. The van der Waals surface area contributed by atoms with Gasteiger partial charge in [-0.2, -0.15) is 0 Å². The lowest BCUT2D eigenvalue weighted by molar-refractivity contribution is -0.384. The molecule has 0 spiro atoms. The van der Waals surface area contributed by atoms with Gasteiger partial charge in [0.1, 0.15) is 5.69 Å². The van der Waals surface area contributed by atoms with Gasteiger partial charge in [0.2, 0.25) is 0 Å². The van der Waals surface area contributed by atoms with E-state index in [1.807, 2.05) is 24.1 Å². The predicted octanol–water partition coefficient (Wildman–Crippen LogP) is 1.67. The molecule has 0 amide bonds. The van der Waals surface area contributed by atoms with Crippen LogP contribution in [-0.4, -0.2) is 68.1 Å². The molecule has 0 unspecified atom stereocenters. The van der Waals surface area contributed by atoms with E-state index in [2.05, 4.69) is 16.8 Å². The second kappa shape index (κ2) is 7.38. The first-order chi connectivity index (χ1) is 10.1. The van der Waals surface area contributed by atoms with Gasteiger partial charge in [-0.05, 0) is 26.1 Å². The largest absolute Gasteiger partial charge is 0.369 e. The lowest BCUT2D eigenvalue weighted by atomic mass is 10.2. The average molecular weight is 292 g/mol. The van der Waals surface area contributed by atoms with Crippen LogP contribution in [0.15, 0.2) is 24.3 Å². The molecule has 1 heterocycles. The summed E-state index contributed by atoms with van der Waals surface area (Å²) < 4.78 is 0. The zero-order chi connectivity index (χ0) is 15.2. The Kier molecular flexibility index (Phi) is 5.52. The van der Waals surface area contributed by atoms with Crippen molar-refractivity contribution < 1.29 is 4.92 Å². The van der Waals surface area contributed by atoms with Gasteiger partial charge in [-0.1, -0.05) is 12.1 Å². The number of hydrogen-bond donors (Lipinski definition) is 0. The van der Waals surface area contributed by atoms with Crippen molar-refractivity contribution in [3.63, 3.8) is 0 Å². The van der Waals surface area contributed by atoms with E-state index in [1.165, 1.54) is 0 Å². The fraction of sp³-hybridized carbons (Fsp3) is 0.600. The van der Waals surface area contributed by atoms with Crippen LogP contribution in [0.5, 0.6) is 0 Å². The van der Waals surface area contributed by atoms with Crippen LogP contribution in [0.25, 0.3) is 0 Å². The SMILES string of the molecule is CN1CCN(CCCN(C)c2ccccc2[N+](=O)[O-])CC1. The molecule has 6 heteroatoms. The highest BCUT2D eigenvalue weighted by atomic mass is 16.6. The molecule has 6 nitrogen and oxygen atoms in total. The molecule has 0 radical (unpaired) electrons. The fourth-order valence-electron chi connectivity index (χ4n) is 2.66. The van der Waals surface area contributed by atoms with Gasteiger partial charge >= 0.3 is 0 Å². The van der Waals surface area contributed by atoms with Crippen LogP contribution in [0.2, 0.25) is 0 Å². The van der Waals surface area contributed by atoms with Crippen molar-refractivity contribution in [3.8, 4) is 0 Å². The summed E-state index contributed by atoms with van der Waals surface area (Å²) in [6.07, 6.45) is 1.02. The van der Waals surface area contributed by atoms with Gasteiger partial charge in [0, 0.05) is 45.8 Å². The molecule has 0 atom stereocenters. The highest BCUT2D eigenvalue weighted by Gasteiger charge is 2.17. The maximum atomic E-state index is 11.0. The second-order valence-corrected chi connectivity index (χ2v) is 5.67. The summed E-state index contributed by atoms with van der Waals surface area (Å²) in [5.74, 6) is 0. The molecule has 0 saturated carbocycles. The van der Waals surface area contributed by atoms with E-state index in [0.717, 1.165) is 45.7 Å². The monoisotopic (exact) mass is 292 g/mol. The number of likely N-dealkylation sites (N-methyl/N-ethyl adjacent to an activating group) is 1. The zero-order valence-electron chi connectivity index (χ0n) is 12.9. The van der Waals surface area contributed by atoms with Crippen molar-refractivity contribution >= 4 is 11.4 Å². The summed E-state index contributed by atoms with van der Waals surface area (Å²) in [6, 6.07) is 6.93. The number of rotatable bonds is 6. The molecule has 1 saturated heterocycles. The van der Waals surface area contributed by atoms with Crippen molar-refractivity contribution in [3.05, 3.63) is 34.4 Å². The van der Waals surface area contributed by atoms with Gasteiger partial charge < -0.3 is 14.7 Å². The minimum atomic E-state index is -0.313. The van der Waals surface area contributed by atoms with Crippen LogP contribution in [-0.2, 0) is 0 Å². The quantitative estimate of drug-likeness (QED) is 0.590. The Morgan fingerprint density at radius 2 is 1.90 bits per heavy atom. The number of nitro benzene ring substituents is 1. The Morgan fingerprint density at radius 3 is 2.57 bits per heavy atom. The minimum absolute atomic E-state index is 0.180. The molecular weight excluding hydrogens is 268 g/mol. The van der Waals surface area contributed by atoms with E-state index in [-0.39, 0.29) is 10.6 Å². The van der Waals surface area contributed by atoms with E-state index >= 15 is 0 Å². The Bertz CT molecular complexity index is 472. The molecule has 1 aromatic carbocycles. The normalized spacial score (nSPS) is 16.9. The highest BCUT2D eigenvalue weighted by Crippen LogP contribution is 2.26. The van der Waals surface area contributed by atoms with Gasteiger partial charge in [-0.25, -0.2) is 0 Å². The molecule has 0 N–H and O–H groups in total. The number of para-hydroxylation sites is 2. The van der Waals surface area contributed by atoms with Crippen LogP contribution in [0.4, 0.5) is 11.4 Å². The maximum absolute atomic E-state index is 11.0. The van der Waals surface area contributed by atoms with Gasteiger partial charge in [0.25, 0.3) is 5.69 Å². The molecule has 0 aromatic heterocycles. The molecule has 116 valence electrons. The molecule has 0 aliphatic carbocycles. The van der Waals surface area contributed by atoms with Gasteiger partial charge in [0.05, 0.1) is 4.92 Å². The summed E-state index contributed by atoms with van der Waals surface area (Å²) in [5.41, 5.74) is 0.875. The van der Waals surface area contributed by atoms with Crippen LogP contribution in [0.3, 0.4) is 0 Å². The Balaban J connectivity index is 1.82. The molecule has 0 bridgehead atoms. The molecule has 1 aliphatic heterocycles. The second-order valence-electron chi connectivity index (χ2n) is 5.67. The summed E-state index contributed by atoms with van der Waals surface area (Å²) in [7, 11) is 4.08. The Hall–Kier alpha value is -1.66. The number of benzene rings is 1. The molecule has 1 aromatic rings. The number of anilines is 1.